The molecule has 0 saturated heterocycles. The number of aromatic nitrogens is 3. The van der Waals surface area contributed by atoms with Gasteiger partial charge >= 0.3 is 0 Å². The fourth-order valence-electron chi connectivity index (χ4n) is 2.27. The zero-order valence-electron chi connectivity index (χ0n) is 12.6. The van der Waals surface area contributed by atoms with E-state index in [1.54, 1.807) is 17.5 Å². The van der Waals surface area contributed by atoms with Crippen LogP contribution in [0.3, 0.4) is 0 Å². The molecule has 2 N–H and O–H groups in total. The van der Waals surface area contributed by atoms with Gasteiger partial charge in [0.2, 0.25) is 5.95 Å². The summed E-state index contributed by atoms with van der Waals surface area (Å²) in [6.07, 6.45) is 5.98. The van der Waals surface area contributed by atoms with Gasteiger partial charge in [-0.05, 0) is 36.4 Å². The van der Waals surface area contributed by atoms with Crippen molar-refractivity contribution in [2.75, 3.05) is 10.6 Å². The summed E-state index contributed by atoms with van der Waals surface area (Å²) in [5.74, 6) is 1.51. The standard InChI is InChI=1S/C17H17N5S/c1-3-12(10-18-7-1)15-9-16(19-11-14-4-2-8-23-14)22-17(21-15)20-13-5-6-13/h1-4,7-10,13H,5-6,11H2,(H2,19,20,21,22). The second-order valence-electron chi connectivity index (χ2n) is 5.56. The van der Waals surface area contributed by atoms with Gasteiger partial charge in [0.15, 0.2) is 0 Å². The van der Waals surface area contributed by atoms with Crippen molar-refractivity contribution in [1.29, 1.82) is 0 Å². The Bertz CT molecular complexity index is 769. The van der Waals surface area contributed by atoms with Gasteiger partial charge in [-0.3, -0.25) is 4.98 Å². The van der Waals surface area contributed by atoms with E-state index in [-0.39, 0.29) is 0 Å². The normalized spacial score (nSPS) is 13.7. The second-order valence-corrected chi connectivity index (χ2v) is 6.59. The Kier molecular flexibility index (Phi) is 3.90. The van der Waals surface area contributed by atoms with Crippen molar-refractivity contribution < 1.29 is 0 Å². The van der Waals surface area contributed by atoms with E-state index >= 15 is 0 Å². The molecule has 0 bridgehead atoms. The van der Waals surface area contributed by atoms with Crippen LogP contribution < -0.4 is 10.6 Å². The van der Waals surface area contributed by atoms with Crippen LogP contribution in [-0.2, 0) is 6.54 Å². The molecule has 3 aromatic rings. The molecule has 1 aliphatic carbocycles. The van der Waals surface area contributed by atoms with E-state index in [2.05, 4.69) is 43.1 Å². The Hall–Kier alpha value is -2.47. The van der Waals surface area contributed by atoms with Crippen LogP contribution >= 0.6 is 11.3 Å². The summed E-state index contributed by atoms with van der Waals surface area (Å²) in [5, 5.41) is 8.85. The molecule has 0 atom stereocenters. The Morgan fingerprint density at radius 2 is 2.13 bits per heavy atom. The van der Waals surface area contributed by atoms with E-state index in [4.69, 9.17) is 0 Å². The lowest BCUT2D eigenvalue weighted by molar-refractivity contribution is 1.04. The zero-order valence-corrected chi connectivity index (χ0v) is 13.4. The summed E-state index contributed by atoms with van der Waals surface area (Å²) in [6.45, 7) is 0.768. The number of rotatable bonds is 6. The third-order valence-electron chi connectivity index (χ3n) is 3.62. The van der Waals surface area contributed by atoms with Gasteiger partial charge in [0.25, 0.3) is 0 Å². The lowest BCUT2D eigenvalue weighted by Gasteiger charge is -2.10. The maximum Gasteiger partial charge on any atom is 0.225 e. The first-order valence-electron chi connectivity index (χ1n) is 7.69. The van der Waals surface area contributed by atoms with Gasteiger partial charge in [0, 0.05) is 34.9 Å². The van der Waals surface area contributed by atoms with E-state index in [9.17, 15) is 0 Å². The summed E-state index contributed by atoms with van der Waals surface area (Å²) < 4.78 is 0. The predicted octanol–water partition coefficient (Wildman–Crippen LogP) is 3.79. The summed E-state index contributed by atoms with van der Waals surface area (Å²) in [6, 6.07) is 10.6. The Morgan fingerprint density at radius 1 is 1.17 bits per heavy atom. The van der Waals surface area contributed by atoms with Crippen LogP contribution in [0.1, 0.15) is 17.7 Å². The summed E-state index contributed by atoms with van der Waals surface area (Å²) in [5.41, 5.74) is 1.87. The van der Waals surface area contributed by atoms with Crippen molar-refractivity contribution in [3.05, 3.63) is 53.0 Å². The van der Waals surface area contributed by atoms with E-state index in [0.717, 1.165) is 23.6 Å². The largest absolute Gasteiger partial charge is 0.365 e. The van der Waals surface area contributed by atoms with Crippen LogP contribution in [0.2, 0.25) is 0 Å². The average Bonchev–Trinajstić information content (AvgIpc) is 3.25. The van der Waals surface area contributed by atoms with Crippen molar-refractivity contribution in [2.24, 2.45) is 0 Å². The minimum Gasteiger partial charge on any atom is -0.365 e. The van der Waals surface area contributed by atoms with Crippen molar-refractivity contribution in [1.82, 2.24) is 15.0 Å². The van der Waals surface area contributed by atoms with Crippen LogP contribution in [0.5, 0.6) is 0 Å². The Labute approximate surface area is 138 Å². The molecule has 1 fully saturated rings. The van der Waals surface area contributed by atoms with E-state index < -0.39 is 0 Å². The van der Waals surface area contributed by atoms with Gasteiger partial charge in [0.05, 0.1) is 12.2 Å². The molecule has 0 amide bonds. The molecule has 6 heteroatoms. The van der Waals surface area contributed by atoms with Gasteiger partial charge in [-0.1, -0.05) is 6.07 Å². The molecule has 116 valence electrons. The molecule has 0 unspecified atom stereocenters. The smallest absolute Gasteiger partial charge is 0.225 e. The quantitative estimate of drug-likeness (QED) is 0.723. The van der Waals surface area contributed by atoms with Gasteiger partial charge in [-0.2, -0.15) is 4.98 Å². The van der Waals surface area contributed by atoms with Crippen molar-refractivity contribution in [3.8, 4) is 11.3 Å². The molecule has 1 saturated carbocycles. The average molecular weight is 323 g/mol. The topological polar surface area (TPSA) is 62.7 Å². The first-order chi connectivity index (χ1) is 11.4. The minimum atomic E-state index is 0.518. The van der Waals surface area contributed by atoms with Crippen LogP contribution in [0.4, 0.5) is 11.8 Å². The van der Waals surface area contributed by atoms with Crippen LogP contribution in [0.15, 0.2) is 48.1 Å². The second kappa shape index (κ2) is 6.34. The number of hydrogen-bond acceptors (Lipinski definition) is 6. The van der Waals surface area contributed by atoms with Gasteiger partial charge in [-0.15, -0.1) is 11.3 Å². The van der Waals surface area contributed by atoms with Gasteiger partial charge in [-0.25, -0.2) is 4.98 Å². The fourth-order valence-corrected chi connectivity index (χ4v) is 2.91. The number of anilines is 2. The highest BCUT2D eigenvalue weighted by Gasteiger charge is 2.22. The number of nitrogens with one attached hydrogen (secondary N) is 2. The third-order valence-corrected chi connectivity index (χ3v) is 4.49. The Balaban J connectivity index is 1.61. The molecule has 0 aromatic carbocycles. The highest BCUT2D eigenvalue weighted by Crippen LogP contribution is 2.26. The predicted molar refractivity (Wildman–Crippen MR) is 93.6 cm³/mol. The lowest BCUT2D eigenvalue weighted by Crippen LogP contribution is -2.09. The van der Waals surface area contributed by atoms with Crippen LogP contribution in [0.25, 0.3) is 11.3 Å². The molecule has 4 rings (SSSR count). The van der Waals surface area contributed by atoms with Crippen LogP contribution in [-0.4, -0.2) is 21.0 Å². The van der Waals surface area contributed by atoms with Gasteiger partial charge < -0.3 is 10.6 Å². The molecular weight excluding hydrogens is 306 g/mol. The molecule has 5 nitrogen and oxygen atoms in total. The Morgan fingerprint density at radius 3 is 2.87 bits per heavy atom. The third kappa shape index (κ3) is 3.65. The SMILES string of the molecule is c1cncc(-c2cc(NCc3cccs3)nc(NC3CC3)n2)c1. The van der Waals surface area contributed by atoms with Crippen LogP contribution in [0, 0.1) is 0 Å². The van der Waals surface area contributed by atoms with Crippen molar-refractivity contribution in [2.45, 2.75) is 25.4 Å². The summed E-state index contributed by atoms with van der Waals surface area (Å²) in [7, 11) is 0. The van der Waals surface area contributed by atoms with E-state index in [0.29, 0.717) is 12.0 Å². The molecular formula is C17H17N5S. The number of hydrogen-bond donors (Lipinski definition) is 2. The molecule has 0 aliphatic heterocycles. The van der Waals surface area contributed by atoms with Gasteiger partial charge in [0.1, 0.15) is 5.82 Å². The molecule has 0 radical (unpaired) electrons. The summed E-state index contributed by atoms with van der Waals surface area (Å²) >= 11 is 1.74. The number of nitrogens with zero attached hydrogens (tertiary/aromatic N) is 3. The fraction of sp³-hybridized carbons (Fsp3) is 0.235. The van der Waals surface area contributed by atoms with Crippen molar-refractivity contribution in [3.63, 3.8) is 0 Å². The monoisotopic (exact) mass is 323 g/mol. The minimum absolute atomic E-state index is 0.518. The first-order valence-corrected chi connectivity index (χ1v) is 8.57. The maximum atomic E-state index is 4.63. The van der Waals surface area contributed by atoms with E-state index in [1.165, 1.54) is 17.7 Å². The molecule has 23 heavy (non-hydrogen) atoms. The highest BCUT2D eigenvalue weighted by atomic mass is 32.1. The summed E-state index contributed by atoms with van der Waals surface area (Å²) in [4.78, 5) is 14.7. The van der Waals surface area contributed by atoms with Crippen molar-refractivity contribution >= 4 is 23.1 Å². The molecule has 1 aliphatic rings. The molecule has 0 spiro atoms. The number of thiophene rings is 1. The maximum absolute atomic E-state index is 4.63. The zero-order chi connectivity index (χ0) is 15.5. The highest BCUT2D eigenvalue weighted by molar-refractivity contribution is 7.09. The van der Waals surface area contributed by atoms with E-state index in [1.807, 2.05) is 24.4 Å². The number of pyridine rings is 1. The first kappa shape index (κ1) is 14.1. The lowest BCUT2D eigenvalue weighted by atomic mass is 10.2. The molecule has 3 aromatic heterocycles. The molecule has 3 heterocycles.